The quantitative estimate of drug-likeness (QED) is 0.676. The Hall–Kier alpha value is -2.31. The fourth-order valence-electron chi connectivity index (χ4n) is 2.52. The number of carbonyl (C=O) groups is 1. The summed E-state index contributed by atoms with van der Waals surface area (Å²) in [4.78, 5) is 12.2. The molecule has 1 atom stereocenters. The Kier molecular flexibility index (Phi) is 6.22. The highest BCUT2D eigenvalue weighted by molar-refractivity contribution is 6.40. The summed E-state index contributed by atoms with van der Waals surface area (Å²) >= 11 is 9.53. The van der Waals surface area contributed by atoms with Crippen molar-refractivity contribution < 1.29 is 29.6 Å². The lowest BCUT2D eigenvalue weighted by Gasteiger charge is -2.26. The van der Waals surface area contributed by atoms with Crippen LogP contribution in [0.15, 0.2) is 30.3 Å². The SMILES string of the molecule is COc1ccc([C@@H]2CC(=O)c3c(O)cc(O)cc3O2)cc1O.ClCCl. The van der Waals surface area contributed by atoms with Gasteiger partial charge in [-0.2, -0.15) is 0 Å². The minimum absolute atomic E-state index is 0.0249. The number of halogens is 2. The Balaban J connectivity index is 0.000000701. The summed E-state index contributed by atoms with van der Waals surface area (Å²) in [6, 6.07) is 7.10. The number of carbonyl (C=O) groups excluding carboxylic acids is 1. The van der Waals surface area contributed by atoms with Gasteiger partial charge >= 0.3 is 0 Å². The van der Waals surface area contributed by atoms with Gasteiger partial charge in [-0.05, 0) is 17.7 Å². The van der Waals surface area contributed by atoms with E-state index in [4.69, 9.17) is 32.7 Å². The van der Waals surface area contributed by atoms with E-state index in [1.165, 1.54) is 19.2 Å². The fourth-order valence-corrected chi connectivity index (χ4v) is 2.52. The first-order valence-corrected chi connectivity index (χ1v) is 8.22. The molecule has 6 nitrogen and oxygen atoms in total. The molecule has 1 aliphatic heterocycles. The molecular formula is C17H16Cl2O6. The van der Waals surface area contributed by atoms with E-state index >= 15 is 0 Å². The van der Waals surface area contributed by atoms with Crippen molar-refractivity contribution in [3.05, 3.63) is 41.5 Å². The molecule has 134 valence electrons. The van der Waals surface area contributed by atoms with Crippen molar-refractivity contribution in [2.24, 2.45) is 0 Å². The maximum atomic E-state index is 12.2. The zero-order chi connectivity index (χ0) is 18.6. The number of Topliss-reactive ketones (excluding diaryl/α,β-unsaturated/α-hetero) is 1. The molecule has 0 radical (unpaired) electrons. The maximum Gasteiger partial charge on any atom is 0.174 e. The molecule has 8 heteroatoms. The van der Waals surface area contributed by atoms with E-state index in [1.54, 1.807) is 12.1 Å². The van der Waals surface area contributed by atoms with Gasteiger partial charge in [-0.3, -0.25) is 4.79 Å². The molecule has 3 rings (SSSR count). The second-order valence-corrected chi connectivity index (χ2v) is 5.91. The first-order valence-electron chi connectivity index (χ1n) is 7.15. The van der Waals surface area contributed by atoms with E-state index in [0.717, 1.165) is 6.07 Å². The van der Waals surface area contributed by atoms with Gasteiger partial charge in [0.25, 0.3) is 0 Å². The molecular weight excluding hydrogens is 371 g/mol. The van der Waals surface area contributed by atoms with E-state index in [2.05, 4.69) is 0 Å². The summed E-state index contributed by atoms with van der Waals surface area (Å²) in [6.45, 7) is 0. The number of ether oxygens (including phenoxy) is 2. The molecule has 0 spiro atoms. The normalized spacial score (nSPS) is 15.5. The minimum atomic E-state index is -0.613. The van der Waals surface area contributed by atoms with Crippen molar-refractivity contribution in [2.45, 2.75) is 12.5 Å². The summed E-state index contributed by atoms with van der Waals surface area (Å²) in [7, 11) is 1.44. The average molecular weight is 387 g/mol. The first-order chi connectivity index (χ1) is 11.9. The zero-order valence-corrected chi connectivity index (χ0v) is 14.7. The van der Waals surface area contributed by atoms with Crippen LogP contribution < -0.4 is 9.47 Å². The van der Waals surface area contributed by atoms with Crippen LogP contribution in [0.1, 0.15) is 28.4 Å². The summed E-state index contributed by atoms with van der Waals surface area (Å²) in [5.74, 6) is -0.409. The van der Waals surface area contributed by atoms with Crippen LogP contribution in [0.4, 0.5) is 0 Å². The second kappa shape index (κ2) is 8.18. The number of aromatic hydroxyl groups is 3. The molecule has 1 aliphatic rings. The van der Waals surface area contributed by atoms with Crippen LogP contribution in [0.25, 0.3) is 0 Å². The van der Waals surface area contributed by atoms with Crippen molar-refractivity contribution in [3.63, 3.8) is 0 Å². The van der Waals surface area contributed by atoms with Crippen molar-refractivity contribution in [1.29, 1.82) is 0 Å². The molecule has 0 fully saturated rings. The molecule has 2 aromatic rings. The van der Waals surface area contributed by atoms with Gasteiger partial charge in [0, 0.05) is 12.1 Å². The third kappa shape index (κ3) is 4.21. The number of methoxy groups -OCH3 is 1. The van der Waals surface area contributed by atoms with Gasteiger partial charge in [0.2, 0.25) is 0 Å². The predicted octanol–water partition coefficient (Wildman–Crippen LogP) is 3.94. The first kappa shape index (κ1) is 19.0. The highest BCUT2D eigenvalue weighted by Crippen LogP contribution is 2.42. The van der Waals surface area contributed by atoms with Crippen molar-refractivity contribution in [3.8, 4) is 28.7 Å². The van der Waals surface area contributed by atoms with Crippen LogP contribution in [0, 0.1) is 0 Å². The number of phenolic OH excluding ortho intramolecular Hbond substituents is 3. The lowest BCUT2D eigenvalue weighted by molar-refractivity contribution is 0.0844. The van der Waals surface area contributed by atoms with E-state index in [1.807, 2.05) is 0 Å². The fraction of sp³-hybridized carbons (Fsp3) is 0.235. The molecule has 0 aliphatic carbocycles. The van der Waals surface area contributed by atoms with Gasteiger partial charge in [0.05, 0.1) is 18.9 Å². The van der Waals surface area contributed by atoms with Gasteiger partial charge in [-0.1, -0.05) is 6.07 Å². The van der Waals surface area contributed by atoms with E-state index in [-0.39, 0.29) is 46.1 Å². The van der Waals surface area contributed by atoms with E-state index < -0.39 is 6.10 Å². The Morgan fingerprint density at radius 2 is 1.84 bits per heavy atom. The van der Waals surface area contributed by atoms with Gasteiger partial charge < -0.3 is 24.8 Å². The lowest BCUT2D eigenvalue weighted by atomic mass is 9.95. The summed E-state index contributed by atoms with van der Waals surface area (Å²) < 4.78 is 10.7. The molecule has 0 unspecified atom stereocenters. The van der Waals surface area contributed by atoms with Gasteiger partial charge in [-0.15, -0.1) is 23.2 Å². The third-order valence-corrected chi connectivity index (χ3v) is 3.56. The van der Waals surface area contributed by atoms with Crippen molar-refractivity contribution in [2.75, 3.05) is 12.4 Å². The molecule has 3 N–H and O–H groups in total. The van der Waals surface area contributed by atoms with Gasteiger partial charge in [0.15, 0.2) is 17.3 Å². The minimum Gasteiger partial charge on any atom is -0.508 e. The molecule has 0 amide bonds. The second-order valence-electron chi connectivity index (χ2n) is 5.10. The van der Waals surface area contributed by atoms with Gasteiger partial charge in [0.1, 0.15) is 28.9 Å². The number of benzene rings is 2. The Labute approximate surface area is 154 Å². The van der Waals surface area contributed by atoms with Crippen LogP contribution in [-0.2, 0) is 0 Å². The molecule has 0 saturated heterocycles. The summed E-state index contributed by atoms with van der Waals surface area (Å²) in [6.07, 6.45) is -0.588. The van der Waals surface area contributed by atoms with E-state index in [9.17, 15) is 20.1 Å². The molecule has 2 aromatic carbocycles. The van der Waals surface area contributed by atoms with Crippen LogP contribution in [0.3, 0.4) is 0 Å². The van der Waals surface area contributed by atoms with Crippen molar-refractivity contribution >= 4 is 29.0 Å². The third-order valence-electron chi connectivity index (χ3n) is 3.56. The number of ketones is 1. The van der Waals surface area contributed by atoms with Crippen LogP contribution >= 0.6 is 23.2 Å². The monoisotopic (exact) mass is 386 g/mol. The molecule has 0 bridgehead atoms. The number of hydrogen-bond acceptors (Lipinski definition) is 6. The topological polar surface area (TPSA) is 96.2 Å². The number of rotatable bonds is 2. The van der Waals surface area contributed by atoms with Crippen molar-refractivity contribution in [1.82, 2.24) is 0 Å². The highest BCUT2D eigenvalue weighted by atomic mass is 35.5. The van der Waals surface area contributed by atoms with Crippen LogP contribution in [0.2, 0.25) is 0 Å². The number of fused-ring (bicyclic) bond motifs is 1. The average Bonchev–Trinajstić information content (AvgIpc) is 2.54. The number of hydrogen-bond donors (Lipinski definition) is 3. The zero-order valence-electron chi connectivity index (χ0n) is 13.2. The van der Waals surface area contributed by atoms with Crippen LogP contribution in [0.5, 0.6) is 28.7 Å². The Morgan fingerprint density at radius 1 is 1.16 bits per heavy atom. The molecule has 25 heavy (non-hydrogen) atoms. The summed E-state index contributed by atoms with van der Waals surface area (Å²) in [5, 5.41) is 29.3. The standard InChI is InChI=1S/C16H14O6.CH2Cl2/c1-21-13-3-2-8(4-10(13)18)14-7-12(20)16-11(19)5-9(17)6-15(16)22-14;2-1-3/h2-6,14,17-19H,7H2,1H3;1H2/t14-;/m0./s1. The van der Waals surface area contributed by atoms with E-state index in [0.29, 0.717) is 11.3 Å². The Bertz CT molecular complexity index is 778. The highest BCUT2D eigenvalue weighted by Gasteiger charge is 2.31. The molecule has 0 saturated carbocycles. The lowest BCUT2D eigenvalue weighted by Crippen LogP contribution is -2.20. The summed E-state index contributed by atoms with van der Waals surface area (Å²) in [5.41, 5.74) is 0.659. The Morgan fingerprint density at radius 3 is 2.44 bits per heavy atom. The largest absolute Gasteiger partial charge is 0.508 e. The molecule has 0 aromatic heterocycles. The number of phenols is 3. The smallest absolute Gasteiger partial charge is 0.174 e. The maximum absolute atomic E-state index is 12.2. The van der Waals surface area contributed by atoms with Crippen LogP contribution in [-0.4, -0.2) is 33.6 Å². The predicted molar refractivity (Wildman–Crippen MR) is 93.3 cm³/mol. The molecule has 1 heterocycles. The van der Waals surface area contributed by atoms with Gasteiger partial charge in [-0.25, -0.2) is 0 Å². The number of alkyl halides is 2.